The molecular weight excluding hydrogens is 188 g/mol. The molecule has 0 aromatic carbocycles. The molecule has 0 atom stereocenters. The zero-order valence-corrected chi connectivity index (χ0v) is 8.34. The van der Waals surface area contributed by atoms with Crippen molar-refractivity contribution in [1.29, 1.82) is 0 Å². The third kappa shape index (κ3) is 3.27. The number of nitrogens with zero attached hydrogens (tertiary/aromatic N) is 2. The van der Waals surface area contributed by atoms with E-state index in [1.165, 1.54) is 11.3 Å². The fourth-order valence-corrected chi connectivity index (χ4v) is 1.77. The monoisotopic (exact) mass is 202 g/mol. The Balaban J connectivity index is 2.44. The van der Waals surface area contributed by atoms with Crippen LogP contribution in [-0.2, 0) is 6.54 Å². The Labute approximate surface area is 81.2 Å². The molecule has 0 amide bonds. The normalized spacial score (nSPS) is 10.8. The summed E-state index contributed by atoms with van der Waals surface area (Å²) in [4.78, 5) is 7.19. The first-order valence-electron chi connectivity index (χ1n) is 3.97. The Bertz CT molecular complexity index is 252. The van der Waals surface area contributed by atoms with Crippen molar-refractivity contribution in [2.45, 2.75) is 6.54 Å². The van der Waals surface area contributed by atoms with Crippen molar-refractivity contribution in [2.24, 2.45) is 5.84 Å². The van der Waals surface area contributed by atoms with Crippen LogP contribution < -0.4 is 11.3 Å². The van der Waals surface area contributed by atoms with E-state index in [2.05, 4.69) is 10.4 Å². The molecule has 0 aliphatic carbocycles. The van der Waals surface area contributed by atoms with Crippen molar-refractivity contribution in [3.63, 3.8) is 0 Å². The fraction of sp³-hybridized carbons (Fsp3) is 0.571. The van der Waals surface area contributed by atoms with Crippen LogP contribution in [0.2, 0.25) is 0 Å². The number of aromatic nitrogens is 1. The van der Waals surface area contributed by atoms with Crippen molar-refractivity contribution in [3.05, 3.63) is 11.1 Å². The van der Waals surface area contributed by atoms with Gasteiger partial charge in [0.25, 0.3) is 0 Å². The quantitative estimate of drug-likeness (QED) is 0.457. The average Bonchev–Trinajstić information content (AvgIpc) is 2.52. The molecule has 6 heteroatoms. The van der Waals surface area contributed by atoms with Crippen LogP contribution in [0.25, 0.3) is 0 Å². The molecule has 0 aliphatic heterocycles. The number of anilines is 1. The van der Waals surface area contributed by atoms with E-state index in [9.17, 15) is 0 Å². The highest BCUT2D eigenvalue weighted by Crippen LogP contribution is 2.17. The summed E-state index contributed by atoms with van der Waals surface area (Å²) >= 11 is 1.52. The Morgan fingerprint density at radius 3 is 3.08 bits per heavy atom. The number of hydrogen-bond donors (Lipinski definition) is 3. The van der Waals surface area contributed by atoms with Gasteiger partial charge in [0.2, 0.25) is 0 Å². The summed E-state index contributed by atoms with van der Waals surface area (Å²) in [5.74, 6) is 5.20. The first-order valence-corrected chi connectivity index (χ1v) is 4.78. The summed E-state index contributed by atoms with van der Waals surface area (Å²) in [6.07, 6.45) is 1.79. The molecular formula is C7H14N4OS. The fourth-order valence-electron chi connectivity index (χ4n) is 0.963. The zero-order valence-electron chi connectivity index (χ0n) is 7.53. The maximum Gasteiger partial charge on any atom is 0.197 e. The van der Waals surface area contributed by atoms with Crippen molar-refractivity contribution in [1.82, 2.24) is 9.88 Å². The lowest BCUT2D eigenvalue weighted by molar-refractivity contribution is 0.218. The molecule has 0 saturated heterocycles. The van der Waals surface area contributed by atoms with E-state index in [0.717, 1.165) is 11.4 Å². The highest BCUT2D eigenvalue weighted by atomic mass is 32.1. The van der Waals surface area contributed by atoms with Crippen LogP contribution in [0, 0.1) is 0 Å². The zero-order chi connectivity index (χ0) is 9.68. The lowest BCUT2D eigenvalue weighted by Crippen LogP contribution is -2.20. The number of hydrazine groups is 1. The third-order valence-electron chi connectivity index (χ3n) is 1.58. The maximum absolute atomic E-state index is 8.68. The van der Waals surface area contributed by atoms with Crippen LogP contribution in [-0.4, -0.2) is 35.2 Å². The van der Waals surface area contributed by atoms with Gasteiger partial charge in [-0.15, -0.1) is 0 Å². The summed E-state index contributed by atoms with van der Waals surface area (Å²) in [5, 5.41) is 9.40. The number of nitrogens with two attached hydrogens (primary N) is 1. The van der Waals surface area contributed by atoms with Gasteiger partial charge in [0, 0.05) is 24.2 Å². The van der Waals surface area contributed by atoms with E-state index >= 15 is 0 Å². The van der Waals surface area contributed by atoms with Gasteiger partial charge in [-0.25, -0.2) is 10.8 Å². The molecule has 74 valence electrons. The first kappa shape index (κ1) is 10.4. The van der Waals surface area contributed by atoms with Gasteiger partial charge >= 0.3 is 0 Å². The number of hydrogen-bond acceptors (Lipinski definition) is 6. The van der Waals surface area contributed by atoms with Gasteiger partial charge in [-0.1, -0.05) is 11.3 Å². The van der Waals surface area contributed by atoms with Crippen molar-refractivity contribution < 1.29 is 5.11 Å². The second-order valence-electron chi connectivity index (χ2n) is 2.74. The molecule has 0 spiro atoms. The average molecular weight is 202 g/mol. The van der Waals surface area contributed by atoms with Crippen molar-refractivity contribution in [2.75, 3.05) is 25.6 Å². The van der Waals surface area contributed by atoms with Crippen molar-refractivity contribution in [3.8, 4) is 0 Å². The third-order valence-corrected chi connectivity index (χ3v) is 2.50. The van der Waals surface area contributed by atoms with Gasteiger partial charge in [-0.2, -0.15) is 0 Å². The Hall–Kier alpha value is -0.690. The maximum atomic E-state index is 8.68. The van der Waals surface area contributed by atoms with Crippen LogP contribution in [0.4, 0.5) is 5.13 Å². The van der Waals surface area contributed by atoms with Crippen LogP contribution in [0.1, 0.15) is 4.88 Å². The van der Waals surface area contributed by atoms with Crippen LogP contribution in [0.15, 0.2) is 6.20 Å². The van der Waals surface area contributed by atoms with E-state index < -0.39 is 0 Å². The number of thiazole rings is 1. The molecule has 0 unspecified atom stereocenters. The molecule has 0 radical (unpaired) electrons. The van der Waals surface area contributed by atoms with Gasteiger partial charge in [0.1, 0.15) is 0 Å². The smallest absolute Gasteiger partial charge is 0.197 e. The van der Waals surface area contributed by atoms with Gasteiger partial charge in [0.05, 0.1) is 6.61 Å². The van der Waals surface area contributed by atoms with Crippen LogP contribution in [0.3, 0.4) is 0 Å². The highest BCUT2D eigenvalue weighted by Gasteiger charge is 2.03. The lowest BCUT2D eigenvalue weighted by Gasteiger charge is -2.12. The number of aliphatic hydroxyl groups excluding tert-OH is 1. The minimum atomic E-state index is 0.178. The second kappa shape index (κ2) is 5.13. The predicted octanol–water partition coefficient (Wildman–Crippen LogP) is -0.147. The number of aliphatic hydroxyl groups is 1. The standard InChI is InChI=1S/C7H14N4OS/c1-11(2-3-12)5-6-4-9-7(10-8)13-6/h4,12H,2-3,5,8H2,1H3,(H,9,10). The summed E-state index contributed by atoms with van der Waals surface area (Å²) in [6.45, 7) is 1.64. The molecule has 4 N–H and O–H groups in total. The Morgan fingerprint density at radius 2 is 2.54 bits per heavy atom. The molecule has 1 aromatic rings. The topological polar surface area (TPSA) is 74.4 Å². The van der Waals surface area contributed by atoms with Crippen LogP contribution in [0.5, 0.6) is 0 Å². The number of nitrogens with one attached hydrogen (secondary N) is 1. The van der Waals surface area contributed by atoms with Gasteiger partial charge in [-0.3, -0.25) is 10.3 Å². The second-order valence-corrected chi connectivity index (χ2v) is 3.85. The van der Waals surface area contributed by atoms with Crippen LogP contribution >= 0.6 is 11.3 Å². The van der Waals surface area contributed by atoms with E-state index in [0.29, 0.717) is 11.7 Å². The van der Waals surface area contributed by atoms with Crippen molar-refractivity contribution >= 4 is 16.5 Å². The van der Waals surface area contributed by atoms with Gasteiger partial charge in [-0.05, 0) is 7.05 Å². The minimum absolute atomic E-state index is 0.178. The molecule has 0 saturated carbocycles. The minimum Gasteiger partial charge on any atom is -0.395 e. The molecule has 0 fully saturated rings. The number of nitrogen functional groups attached to an aromatic ring is 1. The number of likely N-dealkylation sites (N-methyl/N-ethyl adjacent to an activating group) is 1. The summed E-state index contributed by atoms with van der Waals surface area (Å²) in [6, 6.07) is 0. The molecule has 5 nitrogen and oxygen atoms in total. The Kier molecular flexibility index (Phi) is 4.10. The Morgan fingerprint density at radius 1 is 1.77 bits per heavy atom. The molecule has 1 aromatic heterocycles. The summed E-state index contributed by atoms with van der Waals surface area (Å²) in [7, 11) is 1.95. The van der Waals surface area contributed by atoms with E-state index in [-0.39, 0.29) is 6.61 Å². The first-order chi connectivity index (χ1) is 6.26. The predicted molar refractivity (Wildman–Crippen MR) is 53.3 cm³/mol. The molecule has 13 heavy (non-hydrogen) atoms. The van der Waals surface area contributed by atoms with E-state index in [4.69, 9.17) is 10.9 Å². The summed E-state index contributed by atoms with van der Waals surface area (Å²) < 4.78 is 0. The highest BCUT2D eigenvalue weighted by molar-refractivity contribution is 7.15. The number of rotatable bonds is 5. The molecule has 1 rings (SSSR count). The molecule has 0 bridgehead atoms. The SMILES string of the molecule is CN(CCO)Cc1cnc(NN)s1. The van der Waals surface area contributed by atoms with Gasteiger partial charge < -0.3 is 5.11 Å². The van der Waals surface area contributed by atoms with E-state index in [1.807, 2.05) is 11.9 Å². The van der Waals surface area contributed by atoms with E-state index in [1.54, 1.807) is 6.20 Å². The molecule has 1 heterocycles. The largest absolute Gasteiger partial charge is 0.395 e. The van der Waals surface area contributed by atoms with Gasteiger partial charge in [0.15, 0.2) is 5.13 Å². The summed E-state index contributed by atoms with van der Waals surface area (Å²) in [5.41, 5.74) is 2.49. The lowest BCUT2D eigenvalue weighted by atomic mass is 10.5. The molecule has 0 aliphatic rings.